The third-order valence-electron chi connectivity index (χ3n) is 3.51. The van der Waals surface area contributed by atoms with E-state index in [2.05, 4.69) is 10.5 Å². The molecular formula is C16H11NO2. The number of rotatable bonds is 1. The van der Waals surface area contributed by atoms with Crippen molar-refractivity contribution in [3.63, 3.8) is 0 Å². The normalized spacial score (nSPS) is 11.6. The summed E-state index contributed by atoms with van der Waals surface area (Å²) in [6.07, 6.45) is 0. The highest BCUT2D eigenvalue weighted by Gasteiger charge is 2.12. The molecule has 4 rings (SSSR count). The van der Waals surface area contributed by atoms with Crippen LogP contribution in [0.1, 0.15) is 0 Å². The fourth-order valence-electron chi connectivity index (χ4n) is 2.67. The van der Waals surface area contributed by atoms with Gasteiger partial charge in [0.25, 0.3) is 0 Å². The summed E-state index contributed by atoms with van der Waals surface area (Å²) in [7, 11) is 0. The summed E-state index contributed by atoms with van der Waals surface area (Å²) in [4.78, 5) is 0. The largest absolute Gasteiger partial charge is 0.508 e. The van der Waals surface area contributed by atoms with Crippen molar-refractivity contribution < 1.29 is 10.2 Å². The van der Waals surface area contributed by atoms with Gasteiger partial charge in [0.15, 0.2) is 0 Å². The molecule has 0 radical (unpaired) electrons. The number of hydrogen-bond donors (Lipinski definition) is 2. The molecule has 0 saturated carbocycles. The fourth-order valence-corrected chi connectivity index (χ4v) is 2.67. The minimum atomic E-state index is 0.262. The maximum Gasteiger partial charge on any atom is 0.119 e. The summed E-state index contributed by atoms with van der Waals surface area (Å²) < 4.78 is 2.11. The Bertz CT molecular complexity index is 875. The van der Waals surface area contributed by atoms with Crippen LogP contribution in [0.4, 0.5) is 0 Å². The lowest BCUT2D eigenvalue weighted by molar-refractivity contribution is 0.475. The van der Waals surface area contributed by atoms with Crippen LogP contribution in [0.3, 0.4) is 0 Å². The van der Waals surface area contributed by atoms with Gasteiger partial charge < -0.3 is 14.6 Å². The topological polar surface area (TPSA) is 44.9 Å². The Morgan fingerprint density at radius 3 is 2.21 bits per heavy atom. The molecule has 0 aliphatic heterocycles. The Kier molecular flexibility index (Phi) is 1.85. The first kappa shape index (κ1) is 10.3. The maximum absolute atomic E-state index is 9.70. The fraction of sp³-hybridized carbons (Fsp3) is 0. The molecular weight excluding hydrogens is 238 g/mol. The highest BCUT2D eigenvalue weighted by atomic mass is 16.3. The van der Waals surface area contributed by atoms with Crippen molar-refractivity contribution in [3.05, 3.63) is 54.6 Å². The zero-order valence-electron chi connectivity index (χ0n) is 10.0. The molecule has 0 aliphatic rings. The molecule has 4 aromatic rings. The van der Waals surface area contributed by atoms with Crippen molar-refractivity contribution >= 4 is 16.6 Å². The molecule has 0 fully saturated rings. The second-order valence-electron chi connectivity index (χ2n) is 4.72. The standard InChI is InChI=1S/C16H11NO2/c18-13-4-1-10(2-5-13)15-9-12-8-14(19)7-11-3-6-16(15)17(11)12/h1-9,18-19H. The van der Waals surface area contributed by atoms with Gasteiger partial charge in [0.2, 0.25) is 0 Å². The van der Waals surface area contributed by atoms with Crippen LogP contribution in [-0.2, 0) is 0 Å². The summed E-state index contributed by atoms with van der Waals surface area (Å²) in [5.41, 5.74) is 5.21. The van der Waals surface area contributed by atoms with Crippen molar-refractivity contribution in [1.29, 1.82) is 0 Å². The average molecular weight is 249 g/mol. The number of aromatic hydroxyl groups is 2. The van der Waals surface area contributed by atoms with Crippen molar-refractivity contribution in [3.8, 4) is 22.6 Å². The number of pyridine rings is 1. The number of hydrogen-bond acceptors (Lipinski definition) is 2. The first-order valence-corrected chi connectivity index (χ1v) is 6.08. The first-order chi connectivity index (χ1) is 9.22. The molecule has 0 spiro atoms. The third-order valence-corrected chi connectivity index (χ3v) is 3.51. The van der Waals surface area contributed by atoms with Crippen LogP contribution >= 0.6 is 0 Å². The summed E-state index contributed by atoms with van der Waals surface area (Å²) >= 11 is 0. The number of nitrogens with zero attached hydrogens (tertiary/aromatic N) is 1. The van der Waals surface area contributed by atoms with Gasteiger partial charge in [-0.15, -0.1) is 0 Å². The summed E-state index contributed by atoms with van der Waals surface area (Å²) in [5, 5.41) is 19.1. The number of phenols is 1. The van der Waals surface area contributed by atoms with Crippen LogP contribution in [0.25, 0.3) is 27.7 Å². The Labute approximate surface area is 109 Å². The van der Waals surface area contributed by atoms with Crippen LogP contribution in [-0.4, -0.2) is 14.6 Å². The molecule has 0 bridgehead atoms. The SMILES string of the molecule is Oc1ccc(-c2cc3cc(O)cc4ccc2n43)cc1. The average Bonchev–Trinajstić information content (AvgIpc) is 2.95. The first-order valence-electron chi connectivity index (χ1n) is 6.08. The molecule has 1 aromatic carbocycles. The molecule has 0 atom stereocenters. The van der Waals surface area contributed by atoms with Gasteiger partial charge in [-0.1, -0.05) is 12.1 Å². The Balaban J connectivity index is 2.07. The smallest absolute Gasteiger partial charge is 0.119 e. The molecule has 2 N–H and O–H groups in total. The molecule has 92 valence electrons. The van der Waals surface area contributed by atoms with Crippen LogP contribution in [0.2, 0.25) is 0 Å². The van der Waals surface area contributed by atoms with Gasteiger partial charge in [-0.2, -0.15) is 0 Å². The van der Waals surface area contributed by atoms with Crippen molar-refractivity contribution in [2.45, 2.75) is 0 Å². The van der Waals surface area contributed by atoms with Gasteiger partial charge in [0.1, 0.15) is 11.5 Å². The minimum absolute atomic E-state index is 0.262. The van der Waals surface area contributed by atoms with Gasteiger partial charge in [-0.05, 0) is 35.9 Å². The van der Waals surface area contributed by atoms with E-state index in [-0.39, 0.29) is 11.5 Å². The van der Waals surface area contributed by atoms with E-state index in [0.717, 1.165) is 27.7 Å². The lowest BCUT2D eigenvalue weighted by Gasteiger charge is -1.99. The van der Waals surface area contributed by atoms with E-state index in [0.29, 0.717) is 0 Å². The molecule has 3 heteroatoms. The second-order valence-corrected chi connectivity index (χ2v) is 4.72. The quantitative estimate of drug-likeness (QED) is 0.541. The molecule has 0 aliphatic carbocycles. The number of phenolic OH excluding ortho intramolecular Hbond substituents is 1. The van der Waals surface area contributed by atoms with Crippen molar-refractivity contribution in [1.82, 2.24) is 4.40 Å². The van der Waals surface area contributed by atoms with E-state index in [1.54, 1.807) is 24.3 Å². The summed E-state index contributed by atoms with van der Waals surface area (Å²) in [5.74, 6) is 0.535. The molecule has 3 aromatic heterocycles. The number of benzene rings is 1. The molecule has 3 heterocycles. The zero-order chi connectivity index (χ0) is 13.0. The van der Waals surface area contributed by atoms with E-state index < -0.39 is 0 Å². The molecule has 0 amide bonds. The van der Waals surface area contributed by atoms with Gasteiger partial charge in [0, 0.05) is 23.2 Å². The Hall–Kier alpha value is -2.68. The van der Waals surface area contributed by atoms with E-state index in [4.69, 9.17) is 0 Å². The van der Waals surface area contributed by atoms with Crippen LogP contribution in [0.5, 0.6) is 11.5 Å². The lowest BCUT2D eigenvalue weighted by Crippen LogP contribution is -1.80. The van der Waals surface area contributed by atoms with E-state index in [1.165, 1.54) is 0 Å². The Morgan fingerprint density at radius 1 is 0.684 bits per heavy atom. The predicted molar refractivity (Wildman–Crippen MR) is 74.9 cm³/mol. The number of aromatic nitrogens is 1. The zero-order valence-corrected chi connectivity index (χ0v) is 10.0. The van der Waals surface area contributed by atoms with E-state index in [1.807, 2.05) is 24.3 Å². The highest BCUT2D eigenvalue weighted by molar-refractivity contribution is 5.91. The lowest BCUT2D eigenvalue weighted by atomic mass is 10.1. The van der Waals surface area contributed by atoms with E-state index in [9.17, 15) is 10.2 Å². The second kappa shape index (κ2) is 3.42. The molecule has 0 unspecified atom stereocenters. The predicted octanol–water partition coefficient (Wildman–Crippen LogP) is 3.61. The Morgan fingerprint density at radius 2 is 1.42 bits per heavy atom. The van der Waals surface area contributed by atoms with Crippen molar-refractivity contribution in [2.24, 2.45) is 0 Å². The summed E-state index contributed by atoms with van der Waals surface area (Å²) in [6, 6.07) is 16.7. The molecule has 19 heavy (non-hydrogen) atoms. The maximum atomic E-state index is 9.70. The third kappa shape index (κ3) is 1.38. The van der Waals surface area contributed by atoms with Gasteiger partial charge >= 0.3 is 0 Å². The van der Waals surface area contributed by atoms with E-state index >= 15 is 0 Å². The van der Waals surface area contributed by atoms with Gasteiger partial charge in [-0.25, -0.2) is 0 Å². The monoisotopic (exact) mass is 249 g/mol. The van der Waals surface area contributed by atoms with Gasteiger partial charge in [-0.3, -0.25) is 0 Å². The van der Waals surface area contributed by atoms with Crippen LogP contribution in [0, 0.1) is 0 Å². The minimum Gasteiger partial charge on any atom is -0.508 e. The van der Waals surface area contributed by atoms with Crippen LogP contribution < -0.4 is 0 Å². The van der Waals surface area contributed by atoms with Crippen LogP contribution in [0.15, 0.2) is 54.6 Å². The molecule has 0 saturated heterocycles. The van der Waals surface area contributed by atoms with Gasteiger partial charge in [0.05, 0.1) is 11.0 Å². The van der Waals surface area contributed by atoms with Crippen molar-refractivity contribution in [2.75, 3.05) is 0 Å². The highest BCUT2D eigenvalue weighted by Crippen LogP contribution is 2.34. The summed E-state index contributed by atoms with van der Waals surface area (Å²) in [6.45, 7) is 0. The molecule has 3 nitrogen and oxygen atoms in total.